The Morgan fingerprint density at radius 1 is 1.29 bits per heavy atom. The molecule has 3 aromatic rings. The molecule has 0 radical (unpaired) electrons. The molecule has 5 N–H and O–H groups in total. The number of carbonyl (C=O) groups is 2. The second kappa shape index (κ2) is 9.03. The number of amides is 1. The standard InChI is InChI=1S/C25H26F2N4O6S/c1-12(31-11-25(37-24(31)34)8-13(9-25)10-28)15-4-3-5-16-19(22(23(32)33)30-21(15)16)20-17(26)6-14(7-18(20)27)38(35,36)29-2/h3-7,12-13,29-30H,8-11,28H2,1-2H3,(H,32,33)/t12-,13?,25?/m0/s1. The molecule has 1 saturated heterocycles. The van der Waals surface area contributed by atoms with Gasteiger partial charge in [-0.2, -0.15) is 0 Å². The van der Waals surface area contributed by atoms with E-state index in [9.17, 15) is 23.1 Å². The van der Waals surface area contributed by atoms with E-state index in [0.717, 1.165) is 7.05 Å². The molecule has 1 aromatic heterocycles. The van der Waals surface area contributed by atoms with Crippen molar-refractivity contribution in [3.63, 3.8) is 0 Å². The van der Waals surface area contributed by atoms with Crippen LogP contribution >= 0.6 is 0 Å². The van der Waals surface area contributed by atoms with Gasteiger partial charge in [0.25, 0.3) is 0 Å². The molecule has 1 aliphatic carbocycles. The summed E-state index contributed by atoms with van der Waals surface area (Å²) in [6.45, 7) is 2.60. The fourth-order valence-corrected chi connectivity index (χ4v) is 6.31. The zero-order valence-corrected chi connectivity index (χ0v) is 21.4. The van der Waals surface area contributed by atoms with Crippen molar-refractivity contribution in [2.75, 3.05) is 20.1 Å². The third kappa shape index (κ3) is 4.01. The number of hydrogen-bond acceptors (Lipinski definition) is 6. The van der Waals surface area contributed by atoms with Gasteiger partial charge in [-0.3, -0.25) is 4.90 Å². The number of rotatable bonds is 7. The number of hydrogen-bond donors (Lipinski definition) is 4. The Hall–Kier alpha value is -3.55. The number of nitrogens with two attached hydrogens (primary N) is 1. The number of aromatic amines is 1. The number of aromatic nitrogens is 1. The molecule has 1 saturated carbocycles. The van der Waals surface area contributed by atoms with Crippen LogP contribution in [-0.2, 0) is 14.8 Å². The van der Waals surface area contributed by atoms with Gasteiger partial charge in [-0.1, -0.05) is 18.2 Å². The number of halogens is 2. The summed E-state index contributed by atoms with van der Waals surface area (Å²) in [5.74, 6) is -3.68. The van der Waals surface area contributed by atoms with Crippen LogP contribution in [0.3, 0.4) is 0 Å². The molecule has 10 nitrogen and oxygen atoms in total. The van der Waals surface area contributed by atoms with Crippen molar-refractivity contribution >= 4 is 33.0 Å². The summed E-state index contributed by atoms with van der Waals surface area (Å²) in [7, 11) is -3.05. The molecule has 0 unspecified atom stereocenters. The Labute approximate surface area is 216 Å². The SMILES string of the molecule is CNS(=O)(=O)c1cc(F)c(-c2c(C(=O)O)[nH]c3c([C@H](C)N4CC5(CC(CN)C5)OC4=O)cccc23)c(F)c1. The first-order valence-electron chi connectivity index (χ1n) is 11.9. The molecule has 2 fully saturated rings. The van der Waals surface area contributed by atoms with Crippen LogP contribution in [0.5, 0.6) is 0 Å². The number of H-pyrrole nitrogens is 1. The van der Waals surface area contributed by atoms with Crippen molar-refractivity contribution < 1.29 is 36.6 Å². The number of nitrogens with one attached hydrogen (secondary N) is 2. The lowest BCUT2D eigenvalue weighted by atomic mass is 9.71. The summed E-state index contributed by atoms with van der Waals surface area (Å²) in [6, 6.07) is 5.49. The van der Waals surface area contributed by atoms with Gasteiger partial charge in [0.05, 0.1) is 28.6 Å². The summed E-state index contributed by atoms with van der Waals surface area (Å²) >= 11 is 0. The normalized spacial score (nSPS) is 22.1. The molecular weight excluding hydrogens is 522 g/mol. The number of carbonyl (C=O) groups excluding carboxylic acids is 1. The highest BCUT2D eigenvalue weighted by Gasteiger charge is 2.54. The van der Waals surface area contributed by atoms with Crippen LogP contribution in [0.25, 0.3) is 22.0 Å². The van der Waals surface area contributed by atoms with Gasteiger partial charge in [-0.15, -0.1) is 0 Å². The smallest absolute Gasteiger partial charge is 0.411 e. The predicted molar refractivity (Wildman–Crippen MR) is 133 cm³/mol. The van der Waals surface area contributed by atoms with E-state index >= 15 is 8.78 Å². The van der Waals surface area contributed by atoms with E-state index in [0.29, 0.717) is 43.6 Å². The monoisotopic (exact) mass is 548 g/mol. The first-order valence-corrected chi connectivity index (χ1v) is 13.4. The number of carboxylic acid groups (broad SMARTS) is 1. The maximum Gasteiger partial charge on any atom is 0.411 e. The number of carboxylic acids is 1. The first kappa shape index (κ1) is 26.1. The number of para-hydroxylation sites is 1. The number of benzene rings is 2. The molecule has 2 aliphatic rings. The minimum absolute atomic E-state index is 0.197. The third-order valence-corrected chi connectivity index (χ3v) is 8.89. The van der Waals surface area contributed by atoms with Crippen LogP contribution < -0.4 is 10.5 Å². The van der Waals surface area contributed by atoms with Crippen LogP contribution in [0.15, 0.2) is 35.2 Å². The van der Waals surface area contributed by atoms with E-state index in [1.54, 1.807) is 24.0 Å². The van der Waals surface area contributed by atoms with E-state index < -0.39 is 61.5 Å². The van der Waals surface area contributed by atoms with E-state index in [1.165, 1.54) is 6.07 Å². The topological polar surface area (TPSA) is 155 Å². The summed E-state index contributed by atoms with van der Waals surface area (Å²) in [6.07, 6.45) is 0.820. The number of ether oxygens (including phenoxy) is 1. The molecule has 202 valence electrons. The van der Waals surface area contributed by atoms with E-state index in [1.807, 2.05) is 4.72 Å². The number of sulfonamides is 1. The molecule has 2 heterocycles. The highest BCUT2D eigenvalue weighted by molar-refractivity contribution is 7.89. The molecule has 5 rings (SSSR count). The number of nitrogens with zero attached hydrogens (tertiary/aromatic N) is 1. The van der Waals surface area contributed by atoms with Gasteiger partial charge in [0.1, 0.15) is 22.9 Å². The fourth-order valence-electron chi connectivity index (χ4n) is 5.56. The Kier molecular flexibility index (Phi) is 6.20. The van der Waals surface area contributed by atoms with Crippen LogP contribution in [0.4, 0.5) is 13.6 Å². The van der Waals surface area contributed by atoms with Crippen LogP contribution in [0.2, 0.25) is 0 Å². The zero-order valence-electron chi connectivity index (χ0n) is 20.5. The van der Waals surface area contributed by atoms with Crippen molar-refractivity contribution in [1.82, 2.24) is 14.6 Å². The fraction of sp³-hybridized carbons (Fsp3) is 0.360. The molecule has 1 atom stereocenters. The molecule has 2 aromatic carbocycles. The Bertz CT molecular complexity index is 1560. The van der Waals surface area contributed by atoms with Gasteiger partial charge in [-0.25, -0.2) is 31.5 Å². The zero-order chi connectivity index (χ0) is 27.6. The Morgan fingerprint density at radius 3 is 2.53 bits per heavy atom. The summed E-state index contributed by atoms with van der Waals surface area (Å²) in [4.78, 5) is 28.6. The maximum absolute atomic E-state index is 15.2. The molecule has 13 heteroatoms. The average molecular weight is 549 g/mol. The Balaban J connectivity index is 1.61. The number of fused-ring (bicyclic) bond motifs is 1. The average Bonchev–Trinajstić information content (AvgIpc) is 3.40. The molecule has 1 aliphatic heterocycles. The van der Waals surface area contributed by atoms with Gasteiger partial charge >= 0.3 is 12.1 Å². The molecule has 38 heavy (non-hydrogen) atoms. The van der Waals surface area contributed by atoms with Gasteiger partial charge in [0.2, 0.25) is 10.0 Å². The second-order valence-corrected chi connectivity index (χ2v) is 11.7. The van der Waals surface area contributed by atoms with Crippen molar-refractivity contribution in [2.45, 2.75) is 36.3 Å². The summed E-state index contributed by atoms with van der Waals surface area (Å²) in [5.41, 5.74) is 4.49. The highest BCUT2D eigenvalue weighted by Crippen LogP contribution is 2.47. The van der Waals surface area contributed by atoms with Crippen LogP contribution in [0, 0.1) is 17.6 Å². The van der Waals surface area contributed by atoms with E-state index in [4.69, 9.17) is 10.5 Å². The largest absolute Gasteiger partial charge is 0.477 e. The van der Waals surface area contributed by atoms with Gasteiger partial charge in [0, 0.05) is 10.9 Å². The summed E-state index contributed by atoms with van der Waals surface area (Å²) in [5, 5.41) is 10.1. The summed E-state index contributed by atoms with van der Waals surface area (Å²) < 4.78 is 62.3. The lowest BCUT2D eigenvalue weighted by Gasteiger charge is -2.42. The number of aromatic carboxylic acids is 1. The first-order chi connectivity index (χ1) is 17.9. The van der Waals surface area contributed by atoms with Gasteiger partial charge < -0.3 is 20.6 Å². The van der Waals surface area contributed by atoms with Crippen LogP contribution in [0.1, 0.15) is 41.9 Å². The lowest BCUT2D eigenvalue weighted by Crippen LogP contribution is -2.49. The predicted octanol–water partition coefficient (Wildman–Crippen LogP) is 3.34. The molecular formula is C25H26F2N4O6S. The third-order valence-electron chi connectivity index (χ3n) is 7.49. The van der Waals surface area contributed by atoms with E-state index in [-0.39, 0.29) is 22.4 Å². The second-order valence-electron chi connectivity index (χ2n) is 9.78. The molecule has 1 spiro atoms. The van der Waals surface area contributed by atoms with Crippen LogP contribution in [-0.4, -0.2) is 61.2 Å². The minimum Gasteiger partial charge on any atom is -0.477 e. The molecule has 1 amide bonds. The Morgan fingerprint density at radius 2 is 1.95 bits per heavy atom. The van der Waals surface area contributed by atoms with Crippen molar-refractivity contribution in [3.05, 3.63) is 53.2 Å². The van der Waals surface area contributed by atoms with E-state index in [2.05, 4.69) is 4.98 Å². The van der Waals surface area contributed by atoms with Crippen molar-refractivity contribution in [2.24, 2.45) is 11.7 Å². The molecule has 0 bridgehead atoms. The van der Waals surface area contributed by atoms with Gasteiger partial charge in [0.15, 0.2) is 0 Å². The highest BCUT2D eigenvalue weighted by atomic mass is 32.2. The lowest BCUT2D eigenvalue weighted by molar-refractivity contribution is -0.0439. The van der Waals surface area contributed by atoms with Crippen molar-refractivity contribution in [1.29, 1.82) is 0 Å². The maximum atomic E-state index is 15.2. The minimum atomic E-state index is -4.15. The van der Waals surface area contributed by atoms with Crippen molar-refractivity contribution in [3.8, 4) is 11.1 Å². The van der Waals surface area contributed by atoms with Gasteiger partial charge in [-0.05, 0) is 57.0 Å². The quantitative estimate of drug-likeness (QED) is 0.353.